The van der Waals surface area contributed by atoms with Crippen LogP contribution in [0.3, 0.4) is 0 Å². The molecule has 4 atom stereocenters. The van der Waals surface area contributed by atoms with E-state index in [9.17, 15) is 9.59 Å². The molecule has 0 aromatic heterocycles. The fraction of sp³-hybridized carbons (Fsp3) is 0.182. The largest absolute Gasteiger partial charge is 0.366 e. The molecule has 276 valence electrons. The number of amides is 2. The number of carbonyl (C=O) groups is 2. The van der Waals surface area contributed by atoms with Gasteiger partial charge in [-0.25, -0.2) is 0 Å². The van der Waals surface area contributed by atoms with E-state index >= 15 is 0 Å². The molecule has 0 saturated carbocycles. The predicted octanol–water partition coefficient (Wildman–Crippen LogP) is 8.03. The zero-order chi connectivity index (χ0) is 35.8. The van der Waals surface area contributed by atoms with E-state index < -0.39 is 4.92 Å². The first kappa shape index (κ1) is 48.4. The Labute approximate surface area is 370 Å². The van der Waals surface area contributed by atoms with E-state index in [0.717, 1.165) is 31.0 Å². The Balaban J connectivity index is 0.000000443. The maximum Gasteiger partial charge on any atom is 0.248 e. The molecule has 2 amide bonds. The van der Waals surface area contributed by atoms with Gasteiger partial charge in [-0.05, 0) is 88.4 Å². The third-order valence-electron chi connectivity index (χ3n) is 9.46. The number of hydrogen-bond acceptors (Lipinski definition) is 5. The van der Waals surface area contributed by atoms with Crippen molar-refractivity contribution >= 4 is 11.8 Å². The van der Waals surface area contributed by atoms with E-state index in [1.807, 2.05) is 60.7 Å². The van der Waals surface area contributed by atoms with Crippen LogP contribution in [0.25, 0.3) is 22.3 Å². The van der Waals surface area contributed by atoms with Crippen molar-refractivity contribution in [2.75, 3.05) is 14.1 Å². The minimum atomic E-state index is -0.500. The van der Waals surface area contributed by atoms with Crippen LogP contribution in [0.2, 0.25) is 0 Å². The van der Waals surface area contributed by atoms with Crippen molar-refractivity contribution in [2.45, 2.75) is 24.7 Å². The molecule has 0 saturated heterocycles. The third kappa shape index (κ3) is 10.8. The van der Waals surface area contributed by atoms with Gasteiger partial charge in [0, 0.05) is 93.3 Å². The van der Waals surface area contributed by atoms with Crippen molar-refractivity contribution in [1.29, 1.82) is 0 Å². The second-order valence-electron chi connectivity index (χ2n) is 12.3. The Bertz CT molecular complexity index is 1870. The number of primary amides is 2. The molecule has 8 nitrogen and oxygen atoms in total. The molecule has 4 unspecified atom stereocenters. The molecule has 0 spiro atoms. The molecule has 0 aliphatic heterocycles. The maximum atomic E-state index is 11.8. The smallest absolute Gasteiger partial charge is 0.248 e. The maximum absolute atomic E-state index is 11.8. The number of benzene rings is 4. The van der Waals surface area contributed by atoms with E-state index in [1.54, 1.807) is 0 Å². The van der Waals surface area contributed by atoms with Crippen LogP contribution in [-0.2, 0) is 78.3 Å². The molecule has 4 aromatic rings. The molecular weight excluding hydrogens is 826 g/mol. The Morgan fingerprint density at radius 3 is 1.22 bits per heavy atom. The molecule has 0 fully saturated rings. The second-order valence-corrected chi connectivity index (χ2v) is 12.3. The molecule has 8 rings (SSSR count). The fourth-order valence-corrected chi connectivity index (χ4v) is 7.52. The van der Waals surface area contributed by atoms with Crippen molar-refractivity contribution in [3.8, 4) is 22.3 Å². The van der Waals surface area contributed by atoms with Crippen LogP contribution in [0, 0.1) is 36.8 Å². The van der Waals surface area contributed by atoms with E-state index in [1.165, 1.54) is 40.4 Å². The summed E-state index contributed by atoms with van der Waals surface area (Å²) in [6.45, 7) is 0. The molecule has 54 heavy (non-hydrogen) atoms. The molecule has 10 heteroatoms. The Morgan fingerprint density at radius 1 is 0.593 bits per heavy atom. The summed E-state index contributed by atoms with van der Waals surface area (Å²) in [5.41, 5.74) is 26.6. The molecule has 0 heterocycles. The SMILES string of the molecule is CN.C[N+](=O)[O-].NC(=O)c1ccc(-c2ccccc2)c2c1CC1C=CC=CC21.NC(=O)c1ccc(-c2ccccc2)c2c1CC1C=CC=CC21.[CH3-].[CH3-].[Y].[Y]. The molecule has 4 aliphatic carbocycles. The number of nitrogens with two attached hydrogens (primary N) is 3. The van der Waals surface area contributed by atoms with Crippen LogP contribution < -0.4 is 17.2 Å². The van der Waals surface area contributed by atoms with Gasteiger partial charge in [-0.15, -0.1) is 0 Å². The summed E-state index contributed by atoms with van der Waals surface area (Å²) < 4.78 is 0. The quantitative estimate of drug-likeness (QED) is 0.108. The summed E-state index contributed by atoms with van der Waals surface area (Å²) >= 11 is 0. The fourth-order valence-electron chi connectivity index (χ4n) is 7.52. The van der Waals surface area contributed by atoms with Crippen molar-refractivity contribution in [1.82, 2.24) is 0 Å². The number of hydrogen-bond donors (Lipinski definition) is 3. The molecule has 4 aliphatic rings. The standard InChI is InChI=1S/2C20H17NO.CH3NO2.CH5N.2CH3.2Y/c2*21-20(22)17-11-10-16(13-6-2-1-3-7-13)19-15-9-5-4-8-14(15)12-18(17)19;1-2(3)4;1-2;;;;/h2*1-11,14-15H,12H2,(H2,21,22);1H3;2H2,1H3;2*1H3;;/q;;;;2*-1;;. The van der Waals surface area contributed by atoms with Gasteiger partial charge >= 0.3 is 0 Å². The first-order chi connectivity index (χ1) is 24.2. The Hall–Kier alpha value is -3.65. The number of fused-ring (bicyclic) bond motifs is 6. The van der Waals surface area contributed by atoms with Crippen LogP contribution in [-0.4, -0.2) is 30.8 Å². The van der Waals surface area contributed by atoms with E-state index in [0.29, 0.717) is 34.8 Å². The van der Waals surface area contributed by atoms with Crippen molar-refractivity contribution in [3.05, 3.63) is 192 Å². The van der Waals surface area contributed by atoms with Crippen molar-refractivity contribution < 1.29 is 79.9 Å². The van der Waals surface area contributed by atoms with Crippen LogP contribution in [0.5, 0.6) is 0 Å². The first-order valence-electron chi connectivity index (χ1n) is 16.6. The van der Waals surface area contributed by atoms with Crippen molar-refractivity contribution in [2.24, 2.45) is 29.0 Å². The van der Waals surface area contributed by atoms with Crippen LogP contribution in [0.4, 0.5) is 0 Å². The van der Waals surface area contributed by atoms with E-state index in [-0.39, 0.29) is 92.1 Å². The Kier molecular flexibility index (Phi) is 20.3. The molecular formula is C44H48N4O4Y2-2. The van der Waals surface area contributed by atoms with Crippen LogP contribution >= 0.6 is 0 Å². The summed E-state index contributed by atoms with van der Waals surface area (Å²) in [6, 6.07) is 28.6. The van der Waals surface area contributed by atoms with Gasteiger partial charge < -0.3 is 32.1 Å². The third-order valence-corrected chi connectivity index (χ3v) is 9.46. The molecule has 0 bridgehead atoms. The summed E-state index contributed by atoms with van der Waals surface area (Å²) in [4.78, 5) is 31.9. The van der Waals surface area contributed by atoms with E-state index in [2.05, 4.69) is 78.6 Å². The average molecular weight is 875 g/mol. The topological polar surface area (TPSA) is 155 Å². The average Bonchev–Trinajstić information content (AvgIpc) is 3.72. The van der Waals surface area contributed by atoms with Crippen LogP contribution in [0.15, 0.2) is 134 Å². The van der Waals surface area contributed by atoms with E-state index in [4.69, 9.17) is 21.6 Å². The van der Waals surface area contributed by atoms with Crippen molar-refractivity contribution in [3.63, 3.8) is 0 Å². The number of rotatable bonds is 4. The summed E-state index contributed by atoms with van der Waals surface area (Å²) in [5, 5.41) is 8.81. The van der Waals surface area contributed by atoms with Gasteiger partial charge in [-0.2, -0.15) is 0 Å². The zero-order valence-electron chi connectivity index (χ0n) is 31.4. The van der Waals surface area contributed by atoms with Gasteiger partial charge in [-0.1, -0.05) is 121 Å². The number of carbonyl (C=O) groups excluding carboxylic acids is 2. The van der Waals surface area contributed by atoms with Gasteiger partial charge in [0.1, 0.15) is 0 Å². The monoisotopic (exact) mass is 874 g/mol. The van der Waals surface area contributed by atoms with Gasteiger partial charge in [0.15, 0.2) is 7.05 Å². The van der Waals surface area contributed by atoms with Crippen LogP contribution in [0.1, 0.15) is 54.8 Å². The Morgan fingerprint density at radius 2 is 0.907 bits per heavy atom. The molecule has 6 N–H and O–H groups in total. The summed E-state index contributed by atoms with van der Waals surface area (Å²) in [5.74, 6) is 0.889. The second kappa shape index (κ2) is 22.7. The zero-order valence-corrected chi connectivity index (χ0v) is 37.1. The molecule has 4 aromatic carbocycles. The summed E-state index contributed by atoms with van der Waals surface area (Å²) in [7, 11) is 2.39. The molecule has 2 radical (unpaired) electrons. The minimum absolute atomic E-state index is 0. The number of allylic oxidation sites excluding steroid dienone is 8. The van der Waals surface area contributed by atoms with Gasteiger partial charge in [-0.3, -0.25) is 19.7 Å². The summed E-state index contributed by atoms with van der Waals surface area (Å²) in [6.07, 6.45) is 19.1. The minimum Gasteiger partial charge on any atom is -0.366 e. The first-order valence-corrected chi connectivity index (χ1v) is 16.6. The predicted molar refractivity (Wildman–Crippen MR) is 213 cm³/mol. The number of nitro groups is 1. The normalized spacial score (nSPS) is 18.1. The van der Waals surface area contributed by atoms with Gasteiger partial charge in [0.05, 0.1) is 0 Å². The van der Waals surface area contributed by atoms with Gasteiger partial charge in [0.2, 0.25) is 11.8 Å². The number of nitrogens with zero attached hydrogens (tertiary/aromatic N) is 1. The van der Waals surface area contributed by atoms with Gasteiger partial charge in [0.25, 0.3) is 0 Å².